The van der Waals surface area contributed by atoms with Gasteiger partial charge in [-0.3, -0.25) is 4.79 Å². The number of fused-ring (bicyclic) bond motifs is 4. The molecule has 2 aliphatic heterocycles. The number of aromatic nitrogens is 2. The average Bonchev–Trinajstić information content (AvgIpc) is 3.29. The lowest BCUT2D eigenvalue weighted by Gasteiger charge is -2.35. The largest absolute Gasteiger partial charge is 0.459 e. The summed E-state index contributed by atoms with van der Waals surface area (Å²) >= 11 is 0. The van der Waals surface area contributed by atoms with Gasteiger partial charge in [0.2, 0.25) is 0 Å². The summed E-state index contributed by atoms with van der Waals surface area (Å²) in [5.74, 6) is 0.607. The molecule has 1 saturated heterocycles. The summed E-state index contributed by atoms with van der Waals surface area (Å²) in [6, 6.07) is 9.72. The van der Waals surface area contributed by atoms with Crippen molar-refractivity contribution < 1.29 is 13.6 Å². The molecule has 0 unspecified atom stereocenters. The van der Waals surface area contributed by atoms with Crippen LogP contribution in [-0.4, -0.2) is 26.8 Å². The van der Waals surface area contributed by atoms with Crippen molar-refractivity contribution >= 4 is 5.91 Å². The Kier molecular flexibility index (Phi) is 3.38. The molecule has 26 heavy (non-hydrogen) atoms. The van der Waals surface area contributed by atoms with Crippen LogP contribution in [0.1, 0.15) is 40.7 Å². The van der Waals surface area contributed by atoms with Crippen molar-refractivity contribution in [2.75, 3.05) is 0 Å². The maximum absolute atomic E-state index is 13.1. The van der Waals surface area contributed by atoms with Crippen molar-refractivity contribution in [2.24, 2.45) is 0 Å². The SMILES string of the molecule is O=C(c1ccco1)N1[C@H]2CC[C@@H]1c1cnc(-c3ccc(F)cc3)nc1C2. The number of halogens is 1. The second-order valence-electron chi connectivity index (χ2n) is 6.74. The van der Waals surface area contributed by atoms with Crippen molar-refractivity contribution in [1.82, 2.24) is 14.9 Å². The van der Waals surface area contributed by atoms with Crippen LogP contribution < -0.4 is 0 Å². The standard InChI is InChI=1S/C20H16FN3O2/c21-13-5-3-12(4-6-13)19-22-11-15-16(23-19)10-14-7-8-17(15)24(14)20(25)18-2-1-9-26-18/h1-6,9,11,14,17H,7-8,10H2/t14-,17+/m0/s1. The normalized spacial score (nSPS) is 20.9. The Labute approximate surface area is 149 Å². The van der Waals surface area contributed by atoms with Gasteiger partial charge in [0.05, 0.1) is 18.0 Å². The van der Waals surface area contributed by atoms with Gasteiger partial charge in [-0.2, -0.15) is 0 Å². The second-order valence-corrected chi connectivity index (χ2v) is 6.74. The Bertz CT molecular complexity index is 969. The lowest BCUT2D eigenvalue weighted by Crippen LogP contribution is -2.42. The third-order valence-electron chi connectivity index (χ3n) is 5.26. The number of amides is 1. The Hall–Kier alpha value is -3.02. The maximum Gasteiger partial charge on any atom is 0.290 e. The maximum atomic E-state index is 13.1. The molecule has 1 fully saturated rings. The van der Waals surface area contributed by atoms with Crippen molar-refractivity contribution in [3.05, 3.63) is 71.7 Å². The van der Waals surface area contributed by atoms with E-state index in [2.05, 4.69) is 4.98 Å². The van der Waals surface area contributed by atoms with E-state index in [0.29, 0.717) is 18.0 Å². The molecule has 5 rings (SSSR count). The molecule has 2 atom stereocenters. The first-order valence-electron chi connectivity index (χ1n) is 8.68. The molecule has 130 valence electrons. The molecule has 0 spiro atoms. The molecule has 0 radical (unpaired) electrons. The van der Waals surface area contributed by atoms with E-state index in [4.69, 9.17) is 9.40 Å². The number of carbonyl (C=O) groups is 1. The fourth-order valence-corrected chi connectivity index (χ4v) is 4.05. The van der Waals surface area contributed by atoms with Crippen LogP contribution in [-0.2, 0) is 6.42 Å². The minimum absolute atomic E-state index is 0.0105. The summed E-state index contributed by atoms with van der Waals surface area (Å²) < 4.78 is 18.4. The summed E-state index contributed by atoms with van der Waals surface area (Å²) in [6.45, 7) is 0. The number of carbonyl (C=O) groups excluding carboxylic acids is 1. The highest BCUT2D eigenvalue weighted by Crippen LogP contribution is 2.44. The van der Waals surface area contributed by atoms with Crippen LogP contribution in [0.4, 0.5) is 4.39 Å². The molecule has 6 heteroatoms. The smallest absolute Gasteiger partial charge is 0.290 e. The van der Waals surface area contributed by atoms with Gasteiger partial charge in [-0.25, -0.2) is 14.4 Å². The van der Waals surface area contributed by atoms with Crippen LogP contribution in [0.25, 0.3) is 11.4 Å². The monoisotopic (exact) mass is 349 g/mol. The van der Waals surface area contributed by atoms with Crippen molar-refractivity contribution in [2.45, 2.75) is 31.3 Å². The van der Waals surface area contributed by atoms with E-state index < -0.39 is 0 Å². The summed E-state index contributed by atoms with van der Waals surface area (Å²) in [4.78, 5) is 23.9. The van der Waals surface area contributed by atoms with E-state index in [0.717, 1.165) is 29.7 Å². The Morgan fingerprint density at radius 3 is 2.81 bits per heavy atom. The highest BCUT2D eigenvalue weighted by atomic mass is 19.1. The Balaban J connectivity index is 1.50. The zero-order valence-electron chi connectivity index (χ0n) is 13.9. The Morgan fingerprint density at radius 1 is 1.19 bits per heavy atom. The molecule has 5 nitrogen and oxygen atoms in total. The zero-order chi connectivity index (χ0) is 17.7. The van der Waals surface area contributed by atoms with Gasteiger partial charge >= 0.3 is 0 Å². The third kappa shape index (κ3) is 2.33. The average molecular weight is 349 g/mol. The van der Waals surface area contributed by atoms with Gasteiger partial charge in [0, 0.05) is 29.8 Å². The van der Waals surface area contributed by atoms with E-state index in [9.17, 15) is 9.18 Å². The van der Waals surface area contributed by atoms with Crippen LogP contribution in [0, 0.1) is 5.82 Å². The number of nitrogens with zero attached hydrogens (tertiary/aromatic N) is 3. The summed E-state index contributed by atoms with van der Waals surface area (Å²) in [7, 11) is 0. The molecule has 0 N–H and O–H groups in total. The summed E-state index contributed by atoms with van der Waals surface area (Å²) in [6.07, 6.45) is 5.89. The number of rotatable bonds is 2. The molecular weight excluding hydrogens is 333 g/mol. The molecule has 1 aromatic carbocycles. The molecule has 2 bridgehead atoms. The van der Waals surface area contributed by atoms with Gasteiger partial charge < -0.3 is 9.32 Å². The number of benzene rings is 1. The van der Waals surface area contributed by atoms with Crippen LogP contribution in [0.5, 0.6) is 0 Å². The van der Waals surface area contributed by atoms with Crippen LogP contribution in [0.15, 0.2) is 53.3 Å². The van der Waals surface area contributed by atoms with Crippen LogP contribution >= 0.6 is 0 Å². The van der Waals surface area contributed by atoms with Gasteiger partial charge in [-0.1, -0.05) is 0 Å². The quantitative estimate of drug-likeness (QED) is 0.706. The van der Waals surface area contributed by atoms with E-state index in [1.807, 2.05) is 11.1 Å². The molecule has 0 aliphatic carbocycles. The minimum atomic E-state index is -0.281. The van der Waals surface area contributed by atoms with E-state index in [1.165, 1.54) is 18.4 Å². The van der Waals surface area contributed by atoms with Crippen LogP contribution in [0.2, 0.25) is 0 Å². The molecular formula is C20H16FN3O2. The Morgan fingerprint density at radius 2 is 2.04 bits per heavy atom. The summed E-state index contributed by atoms with van der Waals surface area (Å²) in [5.41, 5.74) is 2.77. The van der Waals surface area contributed by atoms with Crippen molar-refractivity contribution in [1.29, 1.82) is 0 Å². The fourth-order valence-electron chi connectivity index (χ4n) is 4.05. The lowest BCUT2D eigenvalue weighted by atomic mass is 9.98. The molecule has 0 saturated carbocycles. The first-order valence-corrected chi connectivity index (χ1v) is 8.68. The molecule has 2 aliphatic rings. The van der Waals surface area contributed by atoms with Gasteiger partial charge in [0.25, 0.3) is 5.91 Å². The molecule has 4 heterocycles. The lowest BCUT2D eigenvalue weighted by molar-refractivity contribution is 0.0611. The number of hydrogen-bond donors (Lipinski definition) is 0. The van der Waals surface area contributed by atoms with E-state index in [-0.39, 0.29) is 23.8 Å². The molecule has 2 aromatic heterocycles. The molecule has 1 amide bonds. The highest BCUT2D eigenvalue weighted by Gasteiger charge is 2.44. The molecule has 3 aromatic rings. The highest BCUT2D eigenvalue weighted by molar-refractivity contribution is 5.92. The predicted molar refractivity (Wildman–Crippen MR) is 91.8 cm³/mol. The van der Waals surface area contributed by atoms with Crippen LogP contribution in [0.3, 0.4) is 0 Å². The van der Waals surface area contributed by atoms with Gasteiger partial charge in [-0.15, -0.1) is 0 Å². The predicted octanol–water partition coefficient (Wildman–Crippen LogP) is 3.78. The van der Waals surface area contributed by atoms with E-state index >= 15 is 0 Å². The van der Waals surface area contributed by atoms with Gasteiger partial charge in [0.15, 0.2) is 11.6 Å². The first-order chi connectivity index (χ1) is 12.7. The van der Waals surface area contributed by atoms with Gasteiger partial charge in [-0.05, 0) is 49.2 Å². The minimum Gasteiger partial charge on any atom is -0.459 e. The second kappa shape index (κ2) is 5.76. The first kappa shape index (κ1) is 15.3. The number of hydrogen-bond acceptors (Lipinski definition) is 4. The van der Waals surface area contributed by atoms with E-state index in [1.54, 1.807) is 24.3 Å². The van der Waals surface area contributed by atoms with Crippen molar-refractivity contribution in [3.63, 3.8) is 0 Å². The van der Waals surface area contributed by atoms with Gasteiger partial charge in [0.1, 0.15) is 5.82 Å². The van der Waals surface area contributed by atoms with Crippen molar-refractivity contribution in [3.8, 4) is 11.4 Å². The topological polar surface area (TPSA) is 59.2 Å². The fraction of sp³-hybridized carbons (Fsp3) is 0.250. The number of furan rings is 1. The summed E-state index contributed by atoms with van der Waals surface area (Å²) in [5, 5.41) is 0. The zero-order valence-corrected chi connectivity index (χ0v) is 13.9. The third-order valence-corrected chi connectivity index (χ3v) is 5.26.